The molecule has 0 aliphatic carbocycles. The molecular formula is C28H26ClN5O2. The second-order valence-electron chi connectivity index (χ2n) is 8.62. The van der Waals surface area contributed by atoms with Gasteiger partial charge in [0.1, 0.15) is 6.26 Å². The third-order valence-electron chi connectivity index (χ3n) is 6.01. The number of carbonyl (C=O) groups is 1. The van der Waals surface area contributed by atoms with Crippen molar-refractivity contribution < 1.29 is 9.21 Å². The molecule has 0 radical (unpaired) electrons. The van der Waals surface area contributed by atoms with Crippen LogP contribution in [0.15, 0.2) is 89.9 Å². The summed E-state index contributed by atoms with van der Waals surface area (Å²) >= 11 is 6.08. The highest BCUT2D eigenvalue weighted by molar-refractivity contribution is 6.30. The summed E-state index contributed by atoms with van der Waals surface area (Å²) in [5.41, 5.74) is 4.71. The van der Waals surface area contributed by atoms with Crippen molar-refractivity contribution >= 4 is 28.4 Å². The van der Waals surface area contributed by atoms with E-state index in [-0.39, 0.29) is 11.6 Å². The molecule has 0 saturated carbocycles. The van der Waals surface area contributed by atoms with Crippen LogP contribution in [0.25, 0.3) is 10.9 Å². The van der Waals surface area contributed by atoms with Crippen LogP contribution < -0.4 is 5.32 Å². The molecule has 0 unspecified atom stereocenters. The lowest BCUT2D eigenvalue weighted by Crippen LogP contribution is -2.26. The van der Waals surface area contributed by atoms with Crippen molar-refractivity contribution in [3.63, 3.8) is 0 Å². The molecule has 0 atom stereocenters. The van der Waals surface area contributed by atoms with Gasteiger partial charge in [-0.1, -0.05) is 48.0 Å². The summed E-state index contributed by atoms with van der Waals surface area (Å²) < 4.78 is 5.68. The molecule has 0 bridgehead atoms. The van der Waals surface area contributed by atoms with Crippen molar-refractivity contribution in [1.29, 1.82) is 0 Å². The van der Waals surface area contributed by atoms with Gasteiger partial charge < -0.3 is 14.7 Å². The summed E-state index contributed by atoms with van der Waals surface area (Å²) in [4.78, 5) is 26.7. The molecule has 0 spiro atoms. The highest BCUT2D eigenvalue weighted by Crippen LogP contribution is 2.20. The smallest absolute Gasteiger partial charge is 0.273 e. The summed E-state index contributed by atoms with van der Waals surface area (Å²) in [7, 11) is 0. The number of halogens is 1. The summed E-state index contributed by atoms with van der Waals surface area (Å²) in [5, 5.41) is 4.79. The topological polar surface area (TPSA) is 87.0 Å². The second-order valence-corrected chi connectivity index (χ2v) is 9.05. The first kappa shape index (κ1) is 23.8. The normalized spacial score (nSPS) is 11.3. The van der Waals surface area contributed by atoms with Crippen molar-refractivity contribution in [3.05, 3.63) is 119 Å². The van der Waals surface area contributed by atoms with Crippen molar-refractivity contribution in [2.75, 3.05) is 6.54 Å². The number of hydrogen-bond donors (Lipinski definition) is 2. The van der Waals surface area contributed by atoms with Crippen molar-refractivity contribution in [2.45, 2.75) is 26.1 Å². The number of nitrogens with zero attached hydrogens (tertiary/aromatic N) is 3. The number of pyridine rings is 1. The van der Waals surface area contributed by atoms with Crippen LogP contribution in [0.5, 0.6) is 0 Å². The quantitative estimate of drug-likeness (QED) is 0.269. The average molecular weight is 500 g/mol. The van der Waals surface area contributed by atoms with E-state index in [1.165, 1.54) is 17.2 Å². The molecule has 182 valence electrons. The first-order chi connectivity index (χ1) is 17.6. The van der Waals surface area contributed by atoms with Gasteiger partial charge in [0.2, 0.25) is 5.89 Å². The highest BCUT2D eigenvalue weighted by Gasteiger charge is 2.16. The van der Waals surface area contributed by atoms with E-state index in [4.69, 9.17) is 16.0 Å². The fraction of sp³-hybridized carbons (Fsp3) is 0.179. The Bertz CT molecular complexity index is 1430. The maximum atomic E-state index is 12.6. The lowest BCUT2D eigenvalue weighted by molar-refractivity contribution is 0.0945. The fourth-order valence-electron chi connectivity index (χ4n) is 4.13. The fourth-order valence-corrected chi connectivity index (χ4v) is 4.26. The molecule has 1 amide bonds. The van der Waals surface area contributed by atoms with Gasteiger partial charge >= 0.3 is 0 Å². The number of carbonyl (C=O) groups excluding carboxylic acids is 1. The zero-order chi connectivity index (χ0) is 24.7. The Morgan fingerprint density at radius 2 is 1.89 bits per heavy atom. The van der Waals surface area contributed by atoms with Crippen LogP contribution >= 0.6 is 11.6 Å². The maximum Gasteiger partial charge on any atom is 0.273 e. The minimum absolute atomic E-state index is 0.261. The van der Waals surface area contributed by atoms with Crippen LogP contribution in [0.3, 0.4) is 0 Å². The van der Waals surface area contributed by atoms with E-state index in [0.717, 1.165) is 29.6 Å². The SMILES string of the molecule is O=C(NCc1cccnc1)c1coc(CN(CCc2c[nH]c3ccccc23)Cc2ccc(Cl)cc2)n1. The first-order valence-corrected chi connectivity index (χ1v) is 12.1. The van der Waals surface area contributed by atoms with E-state index < -0.39 is 0 Å². The van der Waals surface area contributed by atoms with Gasteiger partial charge in [-0.3, -0.25) is 14.7 Å². The monoisotopic (exact) mass is 499 g/mol. The summed E-state index contributed by atoms with van der Waals surface area (Å²) in [5.74, 6) is 0.214. The highest BCUT2D eigenvalue weighted by atomic mass is 35.5. The van der Waals surface area contributed by atoms with Gasteiger partial charge in [-0.25, -0.2) is 4.98 Å². The number of benzene rings is 2. The number of rotatable bonds is 10. The molecule has 3 heterocycles. The molecule has 0 saturated heterocycles. The molecule has 0 aliphatic rings. The van der Waals surface area contributed by atoms with Crippen LogP contribution in [-0.2, 0) is 26.1 Å². The zero-order valence-electron chi connectivity index (χ0n) is 19.7. The predicted octanol–water partition coefficient (Wildman–Crippen LogP) is 5.38. The van der Waals surface area contributed by atoms with Gasteiger partial charge in [0, 0.05) is 54.2 Å². The molecule has 36 heavy (non-hydrogen) atoms. The predicted molar refractivity (Wildman–Crippen MR) is 139 cm³/mol. The maximum absolute atomic E-state index is 12.6. The number of amides is 1. The Morgan fingerprint density at radius 1 is 1.03 bits per heavy atom. The molecule has 5 aromatic rings. The Kier molecular flexibility index (Phi) is 7.40. The largest absolute Gasteiger partial charge is 0.447 e. The van der Waals surface area contributed by atoms with E-state index >= 15 is 0 Å². The van der Waals surface area contributed by atoms with Gasteiger partial charge in [-0.2, -0.15) is 0 Å². The molecule has 2 N–H and O–H groups in total. The van der Waals surface area contributed by atoms with Crippen LogP contribution in [0.2, 0.25) is 5.02 Å². The number of aromatic amines is 1. The number of nitrogens with one attached hydrogen (secondary N) is 2. The van der Waals surface area contributed by atoms with Crippen molar-refractivity contribution in [2.24, 2.45) is 0 Å². The van der Waals surface area contributed by atoms with Gasteiger partial charge in [0.15, 0.2) is 5.69 Å². The minimum atomic E-state index is -0.281. The average Bonchev–Trinajstić information content (AvgIpc) is 3.55. The third-order valence-corrected chi connectivity index (χ3v) is 6.26. The Labute approximate surface area is 214 Å². The Balaban J connectivity index is 1.26. The molecule has 0 aliphatic heterocycles. The Morgan fingerprint density at radius 3 is 2.72 bits per heavy atom. The number of fused-ring (bicyclic) bond motifs is 1. The summed E-state index contributed by atoms with van der Waals surface area (Å²) in [6.07, 6.45) is 7.76. The lowest BCUT2D eigenvalue weighted by atomic mass is 10.1. The molecular weight excluding hydrogens is 474 g/mol. The third kappa shape index (κ3) is 6.00. The van der Waals surface area contributed by atoms with Crippen molar-refractivity contribution in [3.8, 4) is 0 Å². The summed E-state index contributed by atoms with van der Waals surface area (Å²) in [6.45, 7) is 2.34. The molecule has 2 aromatic carbocycles. The van der Waals surface area contributed by atoms with E-state index in [0.29, 0.717) is 30.5 Å². The molecule has 7 nitrogen and oxygen atoms in total. The van der Waals surface area contributed by atoms with E-state index in [2.05, 4.69) is 49.6 Å². The van der Waals surface area contributed by atoms with Gasteiger partial charge in [0.25, 0.3) is 5.91 Å². The number of aromatic nitrogens is 3. The van der Waals surface area contributed by atoms with Crippen molar-refractivity contribution in [1.82, 2.24) is 25.2 Å². The van der Waals surface area contributed by atoms with Gasteiger partial charge in [-0.05, 0) is 47.4 Å². The standard InChI is InChI=1S/C28H26ClN5O2/c29-23-9-7-20(8-10-23)17-34(13-11-22-16-31-25-6-2-1-5-24(22)25)18-27-33-26(19-36-27)28(35)32-15-21-4-3-12-30-14-21/h1-10,12,14,16,19,31H,11,13,15,17-18H2,(H,32,35). The first-order valence-electron chi connectivity index (χ1n) is 11.8. The molecule has 3 aromatic heterocycles. The van der Waals surface area contributed by atoms with Gasteiger partial charge in [0.05, 0.1) is 6.54 Å². The second kappa shape index (κ2) is 11.2. The number of hydrogen-bond acceptors (Lipinski definition) is 5. The molecule has 8 heteroatoms. The minimum Gasteiger partial charge on any atom is -0.447 e. The van der Waals surface area contributed by atoms with Crippen LogP contribution in [0.1, 0.15) is 33.1 Å². The van der Waals surface area contributed by atoms with Gasteiger partial charge in [-0.15, -0.1) is 0 Å². The van der Waals surface area contributed by atoms with Crippen LogP contribution in [-0.4, -0.2) is 32.3 Å². The van der Waals surface area contributed by atoms with Crippen LogP contribution in [0, 0.1) is 0 Å². The van der Waals surface area contributed by atoms with E-state index in [1.807, 2.05) is 42.5 Å². The van der Waals surface area contributed by atoms with E-state index in [9.17, 15) is 4.79 Å². The van der Waals surface area contributed by atoms with E-state index in [1.54, 1.807) is 12.4 Å². The Hall–Kier alpha value is -3.94. The number of oxazole rings is 1. The number of para-hydroxylation sites is 1. The molecule has 5 rings (SSSR count). The summed E-state index contributed by atoms with van der Waals surface area (Å²) in [6, 6.07) is 19.9. The molecule has 0 fully saturated rings. The zero-order valence-corrected chi connectivity index (χ0v) is 20.4. The van der Waals surface area contributed by atoms with Crippen LogP contribution in [0.4, 0.5) is 0 Å². The number of H-pyrrole nitrogens is 1. The lowest BCUT2D eigenvalue weighted by Gasteiger charge is -2.21.